The van der Waals surface area contributed by atoms with Gasteiger partial charge in [-0.3, -0.25) is 9.36 Å². The molecule has 0 amide bonds. The van der Waals surface area contributed by atoms with Crippen molar-refractivity contribution in [1.82, 2.24) is 9.88 Å². The van der Waals surface area contributed by atoms with Crippen LogP contribution in [0.3, 0.4) is 0 Å². The molecular weight excluding hydrogens is 671 g/mol. The largest absolute Gasteiger partial charge is 0.467 e. The molecule has 1 N–H and O–H groups in total. The molecule has 0 aliphatic carbocycles. The van der Waals surface area contributed by atoms with E-state index in [0.717, 1.165) is 23.8 Å². The Morgan fingerprint density at radius 2 is 1.84 bits per heavy atom. The van der Waals surface area contributed by atoms with Crippen LogP contribution in [0.15, 0.2) is 70.5 Å². The van der Waals surface area contributed by atoms with Gasteiger partial charge in [-0.1, -0.05) is 36.4 Å². The second-order valence-electron chi connectivity index (χ2n) is 11.4. The van der Waals surface area contributed by atoms with Crippen LogP contribution < -0.4 is 20.3 Å². The minimum absolute atomic E-state index is 0.0832. The van der Waals surface area contributed by atoms with E-state index < -0.39 is 59.0 Å². The summed E-state index contributed by atoms with van der Waals surface area (Å²) in [7, 11) is 1.25. The van der Waals surface area contributed by atoms with Crippen LogP contribution in [-0.2, 0) is 26.9 Å². The van der Waals surface area contributed by atoms with E-state index in [4.69, 9.17) is 14.2 Å². The van der Waals surface area contributed by atoms with Crippen LogP contribution in [0, 0.1) is 18.6 Å². The van der Waals surface area contributed by atoms with Gasteiger partial charge in [0.15, 0.2) is 11.6 Å². The number of methoxy groups -OCH3 is 1. The van der Waals surface area contributed by atoms with Crippen molar-refractivity contribution in [3.63, 3.8) is 0 Å². The Morgan fingerprint density at radius 1 is 1.06 bits per heavy atom. The monoisotopic (exact) mass is 702 g/mol. The minimum Gasteiger partial charge on any atom is -0.467 e. The Labute approximate surface area is 282 Å². The molecule has 0 fully saturated rings. The van der Waals surface area contributed by atoms with Crippen molar-refractivity contribution >= 4 is 17.7 Å². The highest BCUT2D eigenvalue weighted by Gasteiger charge is 2.39. The number of aromatic nitrogens is 1. The maximum atomic E-state index is 16.0. The summed E-state index contributed by atoms with van der Waals surface area (Å²) in [6, 6.07) is 13.7. The molecule has 0 saturated heterocycles. The van der Waals surface area contributed by atoms with Crippen molar-refractivity contribution in [1.29, 1.82) is 0 Å². The van der Waals surface area contributed by atoms with Gasteiger partial charge in [-0.2, -0.15) is 13.2 Å². The number of fused-ring (bicyclic) bond motifs is 2. The van der Waals surface area contributed by atoms with Crippen molar-refractivity contribution in [2.45, 2.75) is 36.6 Å². The molecule has 4 aromatic rings. The Bertz CT molecular complexity index is 1940. The van der Waals surface area contributed by atoms with Crippen molar-refractivity contribution < 1.29 is 45.7 Å². The lowest BCUT2D eigenvalue weighted by Gasteiger charge is -2.28. The van der Waals surface area contributed by atoms with Gasteiger partial charge < -0.3 is 24.3 Å². The number of carbonyl (C=O) groups excluding carboxylic acids is 1. The SMILES string of the molecule is COC(=O)COCCNC(c1ccccc1)C1CSc2c(Cc3c(F)cccc3C(F)(F)F)c(C)c(-c3ccc4c(c3F)OCO4)c(=O)n21. The normalized spacial score (nSPS) is 15.7. The molecule has 8 nitrogen and oxygen atoms in total. The molecule has 0 saturated carbocycles. The van der Waals surface area contributed by atoms with E-state index in [2.05, 4.69) is 10.1 Å². The molecule has 14 heteroatoms. The number of pyridine rings is 1. The van der Waals surface area contributed by atoms with Crippen LogP contribution in [0.25, 0.3) is 11.1 Å². The summed E-state index contributed by atoms with van der Waals surface area (Å²) >= 11 is 1.26. The van der Waals surface area contributed by atoms with Gasteiger partial charge in [-0.25, -0.2) is 13.6 Å². The molecule has 2 unspecified atom stereocenters. The fourth-order valence-corrected chi connectivity index (χ4v) is 7.67. The molecule has 2 atom stereocenters. The second-order valence-corrected chi connectivity index (χ2v) is 12.4. The number of carbonyl (C=O) groups is 1. The molecular formula is C35H31F5N2O6S. The van der Waals surface area contributed by atoms with E-state index in [1.807, 2.05) is 30.3 Å². The minimum atomic E-state index is -4.85. The van der Waals surface area contributed by atoms with Crippen LogP contribution >= 0.6 is 11.8 Å². The summed E-state index contributed by atoms with van der Waals surface area (Å²) in [6.07, 6.45) is -5.35. The fraction of sp³-hybridized carbons (Fsp3) is 0.314. The molecule has 258 valence electrons. The van der Waals surface area contributed by atoms with Crippen LogP contribution in [0.5, 0.6) is 11.5 Å². The highest BCUT2D eigenvalue weighted by Crippen LogP contribution is 2.46. The Hall–Kier alpha value is -4.40. The first kappa shape index (κ1) is 34.5. The Kier molecular flexibility index (Phi) is 10.00. The number of alkyl halides is 3. The van der Waals surface area contributed by atoms with Crippen LogP contribution in [0.2, 0.25) is 0 Å². The van der Waals surface area contributed by atoms with Gasteiger partial charge in [0.2, 0.25) is 12.5 Å². The average molecular weight is 703 g/mol. The number of hydrogen-bond donors (Lipinski definition) is 1. The number of halogens is 5. The van der Waals surface area contributed by atoms with Crippen LogP contribution in [-0.4, -0.2) is 50.0 Å². The van der Waals surface area contributed by atoms with E-state index >= 15 is 8.78 Å². The van der Waals surface area contributed by atoms with Gasteiger partial charge in [-0.15, -0.1) is 11.8 Å². The fourth-order valence-electron chi connectivity index (χ4n) is 6.25. The lowest BCUT2D eigenvalue weighted by atomic mass is 9.91. The highest BCUT2D eigenvalue weighted by atomic mass is 32.2. The number of ether oxygens (including phenoxy) is 4. The van der Waals surface area contributed by atoms with Crippen molar-refractivity contribution in [3.05, 3.63) is 110 Å². The highest BCUT2D eigenvalue weighted by molar-refractivity contribution is 7.99. The standard InChI is InChI=1S/C35H31F5N2O6S/c1-19-22(15-23-24(35(38,39)40)9-6-10-25(23)36)34-42(33(44)29(19)21-11-12-27-32(30(21)37)48-18-47-27)26(17-49-34)31(20-7-4-3-5-8-20)41-13-14-46-16-28(43)45-2/h3-12,26,31,41H,13-18H2,1-2H3. The third-order valence-corrected chi connectivity index (χ3v) is 9.81. The number of nitrogens with one attached hydrogen (secondary N) is 1. The Balaban J connectivity index is 1.51. The number of thioether (sulfide) groups is 1. The third-order valence-electron chi connectivity index (χ3n) is 8.59. The van der Waals surface area contributed by atoms with Crippen LogP contribution in [0.1, 0.15) is 39.9 Å². The van der Waals surface area contributed by atoms with Gasteiger partial charge in [0.1, 0.15) is 12.4 Å². The van der Waals surface area contributed by atoms with Crippen molar-refractivity contribution in [2.24, 2.45) is 0 Å². The molecule has 49 heavy (non-hydrogen) atoms. The average Bonchev–Trinajstić information content (AvgIpc) is 3.75. The quantitative estimate of drug-likeness (QED) is 0.106. The molecule has 3 aromatic carbocycles. The first-order chi connectivity index (χ1) is 23.5. The third kappa shape index (κ3) is 6.77. The van der Waals surface area contributed by atoms with Gasteiger partial charge in [0.05, 0.1) is 42.0 Å². The van der Waals surface area contributed by atoms with E-state index in [0.29, 0.717) is 10.8 Å². The first-order valence-corrected chi connectivity index (χ1v) is 16.3. The van der Waals surface area contributed by atoms with Gasteiger partial charge in [-0.05, 0) is 47.9 Å². The van der Waals surface area contributed by atoms with Gasteiger partial charge >= 0.3 is 12.1 Å². The van der Waals surface area contributed by atoms with E-state index in [-0.39, 0.29) is 60.3 Å². The summed E-state index contributed by atoms with van der Waals surface area (Å²) < 4.78 is 95.8. The number of esters is 1. The zero-order valence-corrected chi connectivity index (χ0v) is 27.2. The predicted molar refractivity (Wildman–Crippen MR) is 171 cm³/mol. The van der Waals surface area contributed by atoms with Crippen molar-refractivity contribution in [3.8, 4) is 22.6 Å². The van der Waals surface area contributed by atoms with E-state index in [1.165, 1.54) is 42.5 Å². The lowest BCUT2D eigenvalue weighted by Crippen LogP contribution is -2.37. The van der Waals surface area contributed by atoms with Crippen molar-refractivity contribution in [2.75, 3.05) is 39.4 Å². The lowest BCUT2D eigenvalue weighted by molar-refractivity contribution is -0.145. The smallest absolute Gasteiger partial charge is 0.416 e. The summed E-state index contributed by atoms with van der Waals surface area (Å²) in [5, 5.41) is 3.75. The number of hydrogen-bond acceptors (Lipinski definition) is 8. The zero-order valence-electron chi connectivity index (χ0n) is 26.4. The van der Waals surface area contributed by atoms with Gasteiger partial charge in [0.25, 0.3) is 5.56 Å². The molecule has 0 radical (unpaired) electrons. The summed E-state index contributed by atoms with van der Waals surface area (Å²) in [4.78, 5) is 26.1. The summed E-state index contributed by atoms with van der Waals surface area (Å²) in [5.74, 6) is -2.16. The van der Waals surface area contributed by atoms with Gasteiger partial charge in [0, 0.05) is 29.8 Å². The molecule has 1 aromatic heterocycles. The molecule has 2 aliphatic rings. The predicted octanol–water partition coefficient (Wildman–Crippen LogP) is 6.61. The first-order valence-electron chi connectivity index (χ1n) is 15.3. The second kappa shape index (κ2) is 14.2. The molecule has 3 heterocycles. The maximum absolute atomic E-state index is 16.0. The molecule has 2 aliphatic heterocycles. The molecule has 6 rings (SSSR count). The number of nitrogens with zero attached hydrogens (tertiary/aromatic N) is 1. The van der Waals surface area contributed by atoms with Crippen LogP contribution in [0.4, 0.5) is 22.0 Å². The topological polar surface area (TPSA) is 88.0 Å². The maximum Gasteiger partial charge on any atom is 0.416 e. The summed E-state index contributed by atoms with van der Waals surface area (Å²) in [6.45, 7) is 1.45. The Morgan fingerprint density at radius 3 is 2.57 bits per heavy atom. The molecule has 0 bridgehead atoms. The number of rotatable bonds is 11. The van der Waals surface area contributed by atoms with E-state index in [1.54, 1.807) is 0 Å². The molecule has 0 spiro atoms. The zero-order chi connectivity index (χ0) is 34.9. The van der Waals surface area contributed by atoms with E-state index in [9.17, 15) is 22.8 Å². The number of benzene rings is 3. The summed E-state index contributed by atoms with van der Waals surface area (Å²) in [5.41, 5.74) is -1.21.